The highest BCUT2D eigenvalue weighted by molar-refractivity contribution is 5.83. The summed E-state index contributed by atoms with van der Waals surface area (Å²) in [7, 11) is 5.15. The summed E-state index contributed by atoms with van der Waals surface area (Å²) < 4.78 is 37.1. The normalized spacial score (nSPS) is 48.3. The fourth-order valence-electron chi connectivity index (χ4n) is 8.40. The average molecular weight is 734 g/mol. The Morgan fingerprint density at radius 1 is 0.922 bits per heavy atom. The fraction of sp³-hybridized carbons (Fsp3) is 0.946. The van der Waals surface area contributed by atoms with E-state index in [1.54, 1.807) is 48.5 Å². The number of rotatable bonds is 8. The lowest BCUT2D eigenvalue weighted by molar-refractivity contribution is -0.318. The molecule has 0 spiro atoms. The lowest BCUT2D eigenvalue weighted by atomic mass is 9.74. The number of carbonyl (C=O) groups excluding carboxylic acids is 2. The van der Waals surface area contributed by atoms with Crippen LogP contribution < -0.4 is 0 Å². The van der Waals surface area contributed by atoms with Crippen molar-refractivity contribution in [1.82, 2.24) is 4.90 Å². The summed E-state index contributed by atoms with van der Waals surface area (Å²) in [6.45, 7) is 14.6. The van der Waals surface area contributed by atoms with Crippen LogP contribution in [0.4, 0.5) is 0 Å². The zero-order valence-electron chi connectivity index (χ0n) is 32.7. The molecule has 3 saturated heterocycles. The SMILES string of the molecule is CC[C@H]1OC(=O)[C@H](CO)[C@@H](OC2CC(C)(OC)C(O)C(C)O2)[C@H](C)[C@@H](OC2OC(C)CC(N(C)C)C2O)[C@](C)(O)C[C@@H](C)C(=O)[C@H](C)[C@@H](O)[C@H]1C. The molecule has 0 aliphatic carbocycles. The predicted molar refractivity (Wildman–Crippen MR) is 186 cm³/mol. The Labute approximate surface area is 304 Å². The van der Waals surface area contributed by atoms with Gasteiger partial charge in [0.25, 0.3) is 0 Å². The molecule has 0 amide bonds. The van der Waals surface area contributed by atoms with E-state index in [2.05, 4.69) is 0 Å². The van der Waals surface area contributed by atoms with E-state index >= 15 is 0 Å². The molecule has 5 N–H and O–H groups in total. The molecule has 0 aromatic heterocycles. The number of esters is 1. The Bertz CT molecular complexity index is 1140. The number of likely N-dealkylation sites (N-methyl/N-ethyl adjacent to an activating group) is 1. The maximum absolute atomic E-state index is 14.1. The second-order valence-corrected chi connectivity index (χ2v) is 16.2. The van der Waals surface area contributed by atoms with Gasteiger partial charge < -0.3 is 58.9 Å². The summed E-state index contributed by atoms with van der Waals surface area (Å²) in [5.74, 6) is -5.57. The smallest absolute Gasteiger partial charge is 0.314 e. The van der Waals surface area contributed by atoms with E-state index in [-0.39, 0.29) is 30.8 Å². The first-order valence-corrected chi connectivity index (χ1v) is 18.6. The van der Waals surface area contributed by atoms with Gasteiger partial charge in [0.05, 0.1) is 48.3 Å². The molecule has 298 valence electrons. The topological polar surface area (TPSA) is 194 Å². The molecule has 3 aliphatic rings. The second kappa shape index (κ2) is 17.9. The van der Waals surface area contributed by atoms with Crippen molar-refractivity contribution >= 4 is 11.8 Å². The van der Waals surface area contributed by atoms with Crippen LogP contribution in [0.5, 0.6) is 0 Å². The van der Waals surface area contributed by atoms with Crippen LogP contribution in [0.25, 0.3) is 0 Å². The number of methoxy groups -OCH3 is 1. The molecule has 0 aromatic carbocycles. The summed E-state index contributed by atoms with van der Waals surface area (Å²) in [6, 6.07) is -0.337. The largest absolute Gasteiger partial charge is 0.462 e. The zero-order valence-corrected chi connectivity index (χ0v) is 32.7. The fourth-order valence-corrected chi connectivity index (χ4v) is 8.40. The predicted octanol–water partition coefficient (Wildman–Crippen LogP) is 1.64. The van der Waals surface area contributed by atoms with Gasteiger partial charge in [0.15, 0.2) is 12.6 Å². The molecule has 3 fully saturated rings. The maximum Gasteiger partial charge on any atom is 0.314 e. The number of hydrogen-bond donors (Lipinski definition) is 5. The van der Waals surface area contributed by atoms with E-state index in [1.807, 2.05) is 25.9 Å². The molecule has 3 aliphatic heterocycles. The molecule has 3 heterocycles. The van der Waals surface area contributed by atoms with Crippen LogP contribution in [0.1, 0.15) is 88.0 Å². The molecule has 18 atom stereocenters. The molecule has 3 rings (SSSR count). The molecule has 8 unspecified atom stereocenters. The highest BCUT2D eigenvalue weighted by atomic mass is 16.7. The van der Waals surface area contributed by atoms with Crippen LogP contribution in [-0.2, 0) is 38.0 Å². The molecular formula is C37H67NO13. The first-order valence-electron chi connectivity index (χ1n) is 18.6. The molecule has 0 radical (unpaired) electrons. The lowest BCUT2D eigenvalue weighted by Crippen LogP contribution is -2.61. The average Bonchev–Trinajstić information content (AvgIpc) is 3.06. The first-order chi connectivity index (χ1) is 23.6. The second-order valence-electron chi connectivity index (χ2n) is 16.2. The standard InChI is InChI=1S/C37H67NO13/c1-13-26-20(4)29(41)21(5)28(40)18(2)15-36(8,45)33(51-35-30(42)25(38(10)11)14-19(3)47-35)22(6)31(24(17-39)34(44)49-26)50-27-16-37(9,46-12)32(43)23(7)48-27/h18-27,29-33,35,39,41-43,45H,13-17H2,1-12H3/t18-,19?,20+,21+,22+,23?,24-,25?,26-,27?,29+,30?,31+,32?,33-,35?,36-,37?/m1/s1. The third-order valence-corrected chi connectivity index (χ3v) is 11.8. The highest BCUT2D eigenvalue weighted by Gasteiger charge is 2.53. The number of ether oxygens (including phenoxy) is 6. The van der Waals surface area contributed by atoms with Gasteiger partial charge >= 0.3 is 5.97 Å². The van der Waals surface area contributed by atoms with Crippen molar-refractivity contribution in [2.45, 2.75) is 167 Å². The third kappa shape index (κ3) is 9.88. The number of carbonyl (C=O) groups is 2. The number of nitrogens with zero attached hydrogens (tertiary/aromatic N) is 1. The van der Waals surface area contributed by atoms with Gasteiger partial charge in [-0.1, -0.05) is 34.6 Å². The number of cyclic esters (lactones) is 1. The maximum atomic E-state index is 14.1. The zero-order chi connectivity index (χ0) is 38.7. The van der Waals surface area contributed by atoms with Crippen LogP contribution in [0.3, 0.4) is 0 Å². The van der Waals surface area contributed by atoms with Crippen molar-refractivity contribution in [3.8, 4) is 0 Å². The molecule has 14 nitrogen and oxygen atoms in total. The van der Waals surface area contributed by atoms with Crippen LogP contribution >= 0.6 is 0 Å². The Hall–Kier alpha value is -1.30. The molecule has 14 heteroatoms. The summed E-state index contributed by atoms with van der Waals surface area (Å²) in [4.78, 5) is 29.8. The van der Waals surface area contributed by atoms with Crippen molar-refractivity contribution in [2.24, 2.45) is 29.6 Å². The Morgan fingerprint density at radius 3 is 2.10 bits per heavy atom. The van der Waals surface area contributed by atoms with Crippen molar-refractivity contribution in [1.29, 1.82) is 0 Å². The number of aliphatic hydroxyl groups excluding tert-OH is 4. The minimum absolute atomic E-state index is 0.0596. The molecule has 0 bridgehead atoms. The van der Waals surface area contributed by atoms with E-state index in [0.717, 1.165) is 0 Å². The summed E-state index contributed by atoms with van der Waals surface area (Å²) in [5, 5.41) is 56.9. The summed E-state index contributed by atoms with van der Waals surface area (Å²) in [5.41, 5.74) is -2.88. The van der Waals surface area contributed by atoms with Crippen LogP contribution in [-0.4, -0.2) is 149 Å². The van der Waals surface area contributed by atoms with E-state index in [9.17, 15) is 35.1 Å². The van der Waals surface area contributed by atoms with Crippen molar-refractivity contribution in [3.63, 3.8) is 0 Å². The Balaban J connectivity index is 2.19. The lowest BCUT2D eigenvalue weighted by Gasteiger charge is -2.49. The van der Waals surface area contributed by atoms with Crippen molar-refractivity contribution in [3.05, 3.63) is 0 Å². The summed E-state index contributed by atoms with van der Waals surface area (Å²) in [6.07, 6.45) is -9.05. The molecule has 51 heavy (non-hydrogen) atoms. The Morgan fingerprint density at radius 2 is 1.55 bits per heavy atom. The van der Waals surface area contributed by atoms with Gasteiger partial charge in [0.1, 0.15) is 30.0 Å². The van der Waals surface area contributed by atoms with Gasteiger partial charge in [0, 0.05) is 43.2 Å². The van der Waals surface area contributed by atoms with Gasteiger partial charge in [-0.25, -0.2) is 0 Å². The number of Topliss-reactive ketones (excluding diaryl/α,β-unsaturated/α-hetero) is 1. The number of hydrogen-bond acceptors (Lipinski definition) is 14. The quantitative estimate of drug-likeness (QED) is 0.226. The molecule has 0 saturated carbocycles. The number of ketones is 1. The van der Waals surface area contributed by atoms with Gasteiger partial charge in [0.2, 0.25) is 0 Å². The van der Waals surface area contributed by atoms with Gasteiger partial charge in [-0.15, -0.1) is 0 Å². The minimum atomic E-state index is -1.80. The van der Waals surface area contributed by atoms with E-state index in [4.69, 9.17) is 28.4 Å². The van der Waals surface area contributed by atoms with Crippen LogP contribution in [0.15, 0.2) is 0 Å². The Kier molecular flexibility index (Phi) is 15.5. The third-order valence-electron chi connectivity index (χ3n) is 11.8. The van der Waals surface area contributed by atoms with Crippen molar-refractivity contribution in [2.75, 3.05) is 27.8 Å². The van der Waals surface area contributed by atoms with E-state index in [0.29, 0.717) is 12.8 Å². The first kappa shape index (κ1) is 44.1. The van der Waals surface area contributed by atoms with Gasteiger partial charge in [-0.2, -0.15) is 0 Å². The van der Waals surface area contributed by atoms with E-state index in [1.165, 1.54) is 14.0 Å². The molecular weight excluding hydrogens is 666 g/mol. The van der Waals surface area contributed by atoms with Crippen molar-refractivity contribution < 1.29 is 63.5 Å². The van der Waals surface area contributed by atoms with E-state index < -0.39 is 109 Å². The highest BCUT2D eigenvalue weighted by Crippen LogP contribution is 2.40. The van der Waals surface area contributed by atoms with Crippen LogP contribution in [0.2, 0.25) is 0 Å². The molecule has 0 aromatic rings. The number of aliphatic hydroxyl groups is 5. The monoisotopic (exact) mass is 733 g/mol. The minimum Gasteiger partial charge on any atom is -0.462 e. The summed E-state index contributed by atoms with van der Waals surface area (Å²) >= 11 is 0. The van der Waals surface area contributed by atoms with Gasteiger partial charge in [-0.3, -0.25) is 9.59 Å². The van der Waals surface area contributed by atoms with Crippen LogP contribution in [0, 0.1) is 29.6 Å². The van der Waals surface area contributed by atoms with Gasteiger partial charge in [-0.05, 0) is 61.1 Å².